The summed E-state index contributed by atoms with van der Waals surface area (Å²) in [5.74, 6) is 1.78. The zero-order valence-corrected chi connectivity index (χ0v) is 15.9. The van der Waals surface area contributed by atoms with Crippen molar-refractivity contribution in [3.05, 3.63) is 53.7 Å². The van der Waals surface area contributed by atoms with Crippen molar-refractivity contribution in [1.29, 1.82) is 0 Å². The molecule has 2 aromatic rings. The Hall–Kier alpha value is -2.40. The van der Waals surface area contributed by atoms with Crippen LogP contribution < -0.4 is 10.2 Å². The fourth-order valence-corrected chi connectivity index (χ4v) is 3.09. The van der Waals surface area contributed by atoms with Crippen LogP contribution in [0.1, 0.15) is 24.6 Å². The van der Waals surface area contributed by atoms with Gasteiger partial charge in [-0.05, 0) is 18.9 Å². The molecular weight excluding hydrogens is 322 g/mol. The van der Waals surface area contributed by atoms with Gasteiger partial charge in [0.2, 0.25) is 5.95 Å². The van der Waals surface area contributed by atoms with Crippen LogP contribution in [-0.4, -0.2) is 54.1 Å². The average molecular weight is 351 g/mol. The number of rotatable bonds is 7. The number of nitrogens with one attached hydrogen (secondary N) is 1. The van der Waals surface area contributed by atoms with E-state index in [1.165, 1.54) is 5.56 Å². The summed E-state index contributed by atoms with van der Waals surface area (Å²) < 4.78 is 0. The van der Waals surface area contributed by atoms with Crippen molar-refractivity contribution < 1.29 is 0 Å². The Morgan fingerprint density at radius 3 is 2.58 bits per heavy atom. The molecule has 0 atom stereocenters. The van der Waals surface area contributed by atoms with Crippen LogP contribution in [-0.2, 0) is 0 Å². The van der Waals surface area contributed by atoms with E-state index in [4.69, 9.17) is 4.98 Å². The third kappa shape index (κ3) is 5.30. The van der Waals surface area contributed by atoms with E-state index in [-0.39, 0.29) is 0 Å². The Morgan fingerprint density at radius 2 is 1.85 bits per heavy atom. The van der Waals surface area contributed by atoms with E-state index in [0.29, 0.717) is 0 Å². The Kier molecular flexibility index (Phi) is 6.61. The lowest BCUT2D eigenvalue weighted by Gasteiger charge is -2.35. The van der Waals surface area contributed by atoms with E-state index in [1.54, 1.807) is 0 Å². The monoisotopic (exact) mass is 351 g/mol. The normalized spacial score (nSPS) is 15.5. The molecular formula is C21H29N5. The van der Waals surface area contributed by atoms with Gasteiger partial charge in [-0.3, -0.25) is 4.90 Å². The van der Waals surface area contributed by atoms with E-state index in [1.807, 2.05) is 6.92 Å². The van der Waals surface area contributed by atoms with Crippen LogP contribution in [0.15, 0.2) is 42.5 Å². The molecule has 1 saturated heterocycles. The number of hydrogen-bond donors (Lipinski definition) is 1. The number of aromatic nitrogens is 2. The highest BCUT2D eigenvalue weighted by Crippen LogP contribution is 2.17. The molecule has 1 aromatic heterocycles. The maximum atomic E-state index is 4.69. The lowest BCUT2D eigenvalue weighted by atomic mass is 10.2. The van der Waals surface area contributed by atoms with Crippen LogP contribution >= 0.6 is 0 Å². The molecule has 0 unspecified atom stereocenters. The molecule has 1 aromatic carbocycles. The van der Waals surface area contributed by atoms with E-state index in [2.05, 4.69) is 75.6 Å². The van der Waals surface area contributed by atoms with Gasteiger partial charge in [0.15, 0.2) is 0 Å². The van der Waals surface area contributed by atoms with Crippen molar-refractivity contribution in [2.45, 2.75) is 20.3 Å². The second kappa shape index (κ2) is 9.34. The van der Waals surface area contributed by atoms with Gasteiger partial charge in [0.25, 0.3) is 0 Å². The molecule has 5 nitrogen and oxygen atoms in total. The molecule has 2 heterocycles. The van der Waals surface area contributed by atoms with Gasteiger partial charge in [0.1, 0.15) is 5.82 Å². The summed E-state index contributed by atoms with van der Waals surface area (Å²) in [6.07, 6.45) is 5.53. The van der Waals surface area contributed by atoms with Gasteiger partial charge in [0, 0.05) is 51.0 Å². The summed E-state index contributed by atoms with van der Waals surface area (Å²) in [6.45, 7) is 10.2. The molecule has 0 spiro atoms. The van der Waals surface area contributed by atoms with E-state index in [0.717, 1.165) is 63.1 Å². The fourth-order valence-electron chi connectivity index (χ4n) is 3.09. The third-order valence-electron chi connectivity index (χ3n) is 4.54. The van der Waals surface area contributed by atoms with Gasteiger partial charge in [-0.2, -0.15) is 4.98 Å². The molecule has 0 amide bonds. The Labute approximate surface area is 156 Å². The summed E-state index contributed by atoms with van der Waals surface area (Å²) in [5, 5.41) is 3.30. The lowest BCUT2D eigenvalue weighted by molar-refractivity contribution is 0.283. The van der Waals surface area contributed by atoms with Crippen LogP contribution in [0.25, 0.3) is 6.08 Å². The molecule has 0 bridgehead atoms. The fraction of sp³-hybridized carbons (Fsp3) is 0.429. The minimum absolute atomic E-state index is 0.745. The molecule has 5 heteroatoms. The van der Waals surface area contributed by atoms with Gasteiger partial charge in [0.05, 0.1) is 0 Å². The van der Waals surface area contributed by atoms with Crippen molar-refractivity contribution >= 4 is 17.8 Å². The molecule has 1 aliphatic heterocycles. The van der Waals surface area contributed by atoms with Crippen LogP contribution in [0, 0.1) is 6.92 Å². The maximum absolute atomic E-state index is 4.69. The van der Waals surface area contributed by atoms with Crippen LogP contribution in [0.4, 0.5) is 11.8 Å². The first-order valence-corrected chi connectivity index (χ1v) is 9.53. The van der Waals surface area contributed by atoms with Gasteiger partial charge in [-0.1, -0.05) is 49.4 Å². The maximum Gasteiger partial charge on any atom is 0.224 e. The number of nitrogens with zero attached hydrogens (tertiary/aromatic N) is 4. The third-order valence-corrected chi connectivity index (χ3v) is 4.54. The first-order chi connectivity index (χ1) is 12.7. The molecule has 0 radical (unpaired) electrons. The van der Waals surface area contributed by atoms with Gasteiger partial charge in [-0.15, -0.1) is 0 Å². The van der Waals surface area contributed by atoms with Crippen LogP contribution in [0.5, 0.6) is 0 Å². The number of aryl methyl sites for hydroxylation is 1. The van der Waals surface area contributed by atoms with Gasteiger partial charge < -0.3 is 10.2 Å². The Balaban J connectivity index is 1.52. The highest BCUT2D eigenvalue weighted by Gasteiger charge is 2.18. The summed E-state index contributed by atoms with van der Waals surface area (Å²) in [6, 6.07) is 12.6. The van der Waals surface area contributed by atoms with Crippen molar-refractivity contribution in [3.8, 4) is 0 Å². The number of benzene rings is 1. The average Bonchev–Trinajstić information content (AvgIpc) is 2.67. The van der Waals surface area contributed by atoms with E-state index in [9.17, 15) is 0 Å². The van der Waals surface area contributed by atoms with E-state index >= 15 is 0 Å². The van der Waals surface area contributed by atoms with E-state index < -0.39 is 0 Å². The quantitative estimate of drug-likeness (QED) is 0.828. The van der Waals surface area contributed by atoms with Crippen molar-refractivity contribution in [3.63, 3.8) is 0 Å². The highest BCUT2D eigenvalue weighted by atomic mass is 15.3. The standard InChI is InChI=1S/C21H29N5/c1-3-11-22-21-23-18(2)17-20(24-21)26-15-13-25(14-16-26)12-7-10-19-8-5-4-6-9-19/h4-10,17H,3,11-16H2,1-2H3,(H,22,23,24)/b10-7+. The molecule has 1 fully saturated rings. The van der Waals surface area contributed by atoms with Gasteiger partial charge in [-0.25, -0.2) is 4.98 Å². The predicted octanol–water partition coefficient (Wildman–Crippen LogP) is 3.44. The second-order valence-corrected chi connectivity index (χ2v) is 6.72. The molecule has 138 valence electrons. The van der Waals surface area contributed by atoms with Crippen LogP contribution in [0.3, 0.4) is 0 Å². The molecule has 0 saturated carbocycles. The molecule has 1 N–H and O–H groups in total. The predicted molar refractivity (Wildman–Crippen MR) is 110 cm³/mol. The summed E-state index contributed by atoms with van der Waals surface area (Å²) in [7, 11) is 0. The highest BCUT2D eigenvalue weighted by molar-refractivity contribution is 5.49. The Morgan fingerprint density at radius 1 is 1.08 bits per heavy atom. The van der Waals surface area contributed by atoms with Crippen molar-refractivity contribution in [2.75, 3.05) is 49.5 Å². The van der Waals surface area contributed by atoms with Gasteiger partial charge >= 0.3 is 0 Å². The first kappa shape index (κ1) is 18.4. The van der Waals surface area contributed by atoms with Crippen LogP contribution in [0.2, 0.25) is 0 Å². The van der Waals surface area contributed by atoms with Crippen molar-refractivity contribution in [2.24, 2.45) is 0 Å². The molecule has 26 heavy (non-hydrogen) atoms. The summed E-state index contributed by atoms with van der Waals surface area (Å²) >= 11 is 0. The molecule has 0 aliphatic carbocycles. The minimum atomic E-state index is 0.745. The van der Waals surface area contributed by atoms with Crippen molar-refractivity contribution in [1.82, 2.24) is 14.9 Å². The summed E-state index contributed by atoms with van der Waals surface area (Å²) in [4.78, 5) is 14.0. The zero-order chi connectivity index (χ0) is 18.2. The second-order valence-electron chi connectivity index (χ2n) is 6.72. The largest absolute Gasteiger partial charge is 0.354 e. The number of hydrogen-bond acceptors (Lipinski definition) is 5. The minimum Gasteiger partial charge on any atom is -0.354 e. The summed E-state index contributed by atoms with van der Waals surface area (Å²) in [5.41, 5.74) is 2.27. The lowest BCUT2D eigenvalue weighted by Crippen LogP contribution is -2.46. The zero-order valence-electron chi connectivity index (χ0n) is 15.9. The SMILES string of the molecule is CCCNc1nc(C)cc(N2CCN(C/C=C/c3ccccc3)CC2)n1. The first-order valence-electron chi connectivity index (χ1n) is 9.53. The molecule has 3 rings (SSSR count). The number of anilines is 2. The number of piperazine rings is 1. The molecule has 1 aliphatic rings. The smallest absolute Gasteiger partial charge is 0.224 e. The topological polar surface area (TPSA) is 44.3 Å². The Bertz CT molecular complexity index is 706.